The number of nitrogens with one attached hydrogen (secondary N) is 1. The predicted molar refractivity (Wildman–Crippen MR) is 59.6 cm³/mol. The molecule has 0 fully saturated rings. The number of aryl methyl sites for hydroxylation is 2. The highest BCUT2D eigenvalue weighted by molar-refractivity contribution is 5.86. The molecule has 1 amide bonds. The van der Waals surface area contributed by atoms with Crippen LogP contribution in [0.3, 0.4) is 0 Å². The molecule has 0 aliphatic heterocycles. The van der Waals surface area contributed by atoms with Crippen LogP contribution >= 0.6 is 0 Å². The van der Waals surface area contributed by atoms with E-state index < -0.39 is 0 Å². The number of amides is 1. The van der Waals surface area contributed by atoms with E-state index in [0.29, 0.717) is 6.54 Å². The average molecular weight is 205 g/mol. The Balaban J connectivity index is 2.81. The minimum absolute atomic E-state index is 0.213. The second-order valence-electron chi connectivity index (χ2n) is 3.49. The topological polar surface area (TPSA) is 49.3 Å². The zero-order chi connectivity index (χ0) is 11.4. The van der Waals surface area contributed by atoms with Crippen molar-refractivity contribution in [1.29, 1.82) is 0 Å². The van der Waals surface area contributed by atoms with Gasteiger partial charge in [0.2, 0.25) is 5.91 Å². The van der Waals surface area contributed by atoms with E-state index in [1.54, 1.807) is 6.07 Å². The van der Waals surface area contributed by atoms with Crippen LogP contribution in [0, 0.1) is 13.8 Å². The molecule has 0 aliphatic rings. The minimum Gasteiger partial charge on any atom is -0.508 e. The fourth-order valence-corrected chi connectivity index (χ4v) is 1.33. The summed E-state index contributed by atoms with van der Waals surface area (Å²) in [5.74, 6) is 0.0397. The molecular weight excluding hydrogens is 190 g/mol. The summed E-state index contributed by atoms with van der Waals surface area (Å²) < 4.78 is 0. The summed E-state index contributed by atoms with van der Waals surface area (Å²) in [6.45, 7) is 7.56. The van der Waals surface area contributed by atoms with Crippen molar-refractivity contribution >= 4 is 5.91 Å². The molecule has 0 heterocycles. The molecule has 2 N–H and O–H groups in total. The van der Waals surface area contributed by atoms with Crippen molar-refractivity contribution in [1.82, 2.24) is 5.32 Å². The summed E-state index contributed by atoms with van der Waals surface area (Å²) in [7, 11) is 0. The van der Waals surface area contributed by atoms with Crippen LogP contribution in [-0.4, -0.2) is 11.0 Å². The fourth-order valence-electron chi connectivity index (χ4n) is 1.33. The van der Waals surface area contributed by atoms with Gasteiger partial charge < -0.3 is 10.4 Å². The molecule has 0 saturated heterocycles. The first-order valence-electron chi connectivity index (χ1n) is 4.74. The van der Waals surface area contributed by atoms with Gasteiger partial charge in [0.15, 0.2) is 0 Å². The van der Waals surface area contributed by atoms with E-state index in [0.717, 1.165) is 16.7 Å². The van der Waals surface area contributed by atoms with Crippen LogP contribution in [0.5, 0.6) is 5.75 Å². The van der Waals surface area contributed by atoms with Gasteiger partial charge in [0.05, 0.1) is 0 Å². The third kappa shape index (κ3) is 2.84. The Kier molecular flexibility index (Phi) is 3.50. The number of carbonyl (C=O) groups is 1. The van der Waals surface area contributed by atoms with E-state index in [4.69, 9.17) is 0 Å². The maximum absolute atomic E-state index is 11.0. The number of hydrogen-bond donors (Lipinski definition) is 2. The van der Waals surface area contributed by atoms with Crippen molar-refractivity contribution in [3.8, 4) is 5.75 Å². The van der Waals surface area contributed by atoms with Gasteiger partial charge in [-0.3, -0.25) is 4.79 Å². The van der Waals surface area contributed by atoms with Crippen molar-refractivity contribution in [2.45, 2.75) is 20.4 Å². The molecule has 1 aromatic carbocycles. The van der Waals surface area contributed by atoms with Gasteiger partial charge in [-0.25, -0.2) is 0 Å². The normalized spacial score (nSPS) is 9.73. The van der Waals surface area contributed by atoms with Gasteiger partial charge in [0.25, 0.3) is 0 Å². The van der Waals surface area contributed by atoms with Crippen LogP contribution in [0.1, 0.15) is 16.7 Å². The van der Waals surface area contributed by atoms with Crippen LogP contribution in [0.25, 0.3) is 0 Å². The highest BCUT2D eigenvalue weighted by Crippen LogP contribution is 2.21. The van der Waals surface area contributed by atoms with Crippen LogP contribution in [-0.2, 0) is 11.3 Å². The Morgan fingerprint density at radius 3 is 2.73 bits per heavy atom. The maximum atomic E-state index is 11.0. The Labute approximate surface area is 89.4 Å². The minimum atomic E-state index is -0.213. The predicted octanol–water partition coefficient (Wildman–Crippen LogP) is 1.81. The molecule has 0 saturated carbocycles. The zero-order valence-electron chi connectivity index (χ0n) is 9.00. The number of hydrogen-bond acceptors (Lipinski definition) is 2. The third-order valence-corrected chi connectivity index (χ3v) is 2.29. The van der Waals surface area contributed by atoms with Crippen molar-refractivity contribution in [2.75, 3.05) is 0 Å². The van der Waals surface area contributed by atoms with E-state index in [2.05, 4.69) is 11.9 Å². The van der Waals surface area contributed by atoms with Gasteiger partial charge in [0, 0.05) is 6.54 Å². The van der Waals surface area contributed by atoms with Crippen molar-refractivity contribution in [3.05, 3.63) is 41.5 Å². The first-order chi connectivity index (χ1) is 7.04. The highest BCUT2D eigenvalue weighted by atomic mass is 16.3. The van der Waals surface area contributed by atoms with Crippen LogP contribution in [0.2, 0.25) is 0 Å². The smallest absolute Gasteiger partial charge is 0.243 e. The monoisotopic (exact) mass is 205 g/mol. The van der Waals surface area contributed by atoms with Crippen molar-refractivity contribution in [3.63, 3.8) is 0 Å². The molecule has 0 aromatic heterocycles. The first-order valence-corrected chi connectivity index (χ1v) is 4.74. The molecular formula is C12H15NO2. The molecule has 0 radical (unpaired) electrons. The molecule has 3 nitrogen and oxygen atoms in total. The molecule has 80 valence electrons. The lowest BCUT2D eigenvalue weighted by Gasteiger charge is -2.09. The van der Waals surface area contributed by atoms with Gasteiger partial charge in [0.1, 0.15) is 5.75 Å². The van der Waals surface area contributed by atoms with Crippen LogP contribution < -0.4 is 5.32 Å². The quantitative estimate of drug-likeness (QED) is 0.739. The molecule has 3 heteroatoms. The summed E-state index contributed by atoms with van der Waals surface area (Å²) >= 11 is 0. The van der Waals surface area contributed by atoms with E-state index in [-0.39, 0.29) is 11.7 Å². The summed E-state index contributed by atoms with van der Waals surface area (Å²) in [4.78, 5) is 11.0. The molecule has 1 aromatic rings. The molecule has 15 heavy (non-hydrogen) atoms. The molecule has 0 spiro atoms. The molecule has 0 aliphatic carbocycles. The second kappa shape index (κ2) is 4.64. The Morgan fingerprint density at radius 2 is 2.13 bits per heavy atom. The summed E-state index contributed by atoms with van der Waals surface area (Å²) in [6.07, 6.45) is 1.23. The standard InChI is InChI=1S/C12H15NO2/c1-4-12(15)13-7-10-6-11(14)9(3)5-8(10)2/h4-6,14H,1,7H2,2-3H3,(H,13,15). The Hall–Kier alpha value is -1.77. The Morgan fingerprint density at radius 1 is 1.47 bits per heavy atom. The number of benzene rings is 1. The largest absolute Gasteiger partial charge is 0.508 e. The van der Waals surface area contributed by atoms with E-state index >= 15 is 0 Å². The van der Waals surface area contributed by atoms with Gasteiger partial charge in [-0.1, -0.05) is 12.6 Å². The summed E-state index contributed by atoms with van der Waals surface area (Å²) in [5, 5.41) is 12.2. The van der Waals surface area contributed by atoms with E-state index in [9.17, 15) is 9.90 Å². The van der Waals surface area contributed by atoms with Gasteiger partial charge in [-0.2, -0.15) is 0 Å². The van der Waals surface area contributed by atoms with E-state index in [1.807, 2.05) is 19.9 Å². The van der Waals surface area contributed by atoms with Crippen molar-refractivity contribution < 1.29 is 9.90 Å². The first kappa shape index (κ1) is 11.3. The highest BCUT2D eigenvalue weighted by Gasteiger charge is 2.04. The van der Waals surface area contributed by atoms with Crippen molar-refractivity contribution in [2.24, 2.45) is 0 Å². The molecule has 0 unspecified atom stereocenters. The lowest BCUT2D eigenvalue weighted by molar-refractivity contribution is -0.116. The number of phenolic OH excluding ortho intramolecular Hbond substituents is 1. The number of carbonyl (C=O) groups excluding carboxylic acids is 1. The third-order valence-electron chi connectivity index (χ3n) is 2.29. The number of rotatable bonds is 3. The maximum Gasteiger partial charge on any atom is 0.243 e. The SMILES string of the molecule is C=CC(=O)NCc1cc(O)c(C)cc1C. The fraction of sp³-hybridized carbons (Fsp3) is 0.250. The average Bonchev–Trinajstić information content (AvgIpc) is 2.21. The molecule has 0 bridgehead atoms. The lowest BCUT2D eigenvalue weighted by Crippen LogP contribution is -2.20. The Bertz CT molecular complexity index is 397. The lowest BCUT2D eigenvalue weighted by atomic mass is 10.0. The van der Waals surface area contributed by atoms with Gasteiger partial charge >= 0.3 is 0 Å². The van der Waals surface area contributed by atoms with Gasteiger partial charge in [-0.15, -0.1) is 0 Å². The molecule has 1 rings (SSSR count). The number of aromatic hydroxyl groups is 1. The van der Waals surface area contributed by atoms with Crippen LogP contribution in [0.15, 0.2) is 24.8 Å². The molecule has 0 atom stereocenters. The summed E-state index contributed by atoms with van der Waals surface area (Å²) in [6, 6.07) is 3.57. The summed E-state index contributed by atoms with van der Waals surface area (Å²) in [5.41, 5.74) is 2.80. The van der Waals surface area contributed by atoms with E-state index in [1.165, 1.54) is 6.08 Å². The second-order valence-corrected chi connectivity index (χ2v) is 3.49. The zero-order valence-corrected chi connectivity index (χ0v) is 9.00. The number of phenols is 1. The van der Waals surface area contributed by atoms with Gasteiger partial charge in [-0.05, 0) is 42.7 Å². The van der Waals surface area contributed by atoms with Crippen LogP contribution in [0.4, 0.5) is 0 Å².